The summed E-state index contributed by atoms with van der Waals surface area (Å²) >= 11 is 12.1. The number of hydrogen-bond acceptors (Lipinski definition) is 2. The first kappa shape index (κ1) is 14.9. The maximum absolute atomic E-state index is 6.32. The third-order valence-electron chi connectivity index (χ3n) is 4.66. The first-order valence-corrected chi connectivity index (χ1v) is 8.00. The molecule has 0 aliphatic carbocycles. The molecule has 4 heteroatoms. The van der Waals surface area contributed by atoms with Crippen molar-refractivity contribution in [2.24, 2.45) is 5.41 Å². The molecule has 0 bridgehead atoms. The van der Waals surface area contributed by atoms with E-state index in [9.17, 15) is 0 Å². The van der Waals surface area contributed by atoms with Gasteiger partial charge < -0.3 is 4.90 Å². The van der Waals surface area contributed by atoms with Gasteiger partial charge >= 0.3 is 0 Å². The van der Waals surface area contributed by atoms with E-state index in [2.05, 4.69) is 23.7 Å². The van der Waals surface area contributed by atoms with E-state index >= 15 is 0 Å². The van der Waals surface area contributed by atoms with Gasteiger partial charge in [-0.1, -0.05) is 38.3 Å². The first-order valence-electron chi connectivity index (χ1n) is 7.09. The van der Waals surface area contributed by atoms with Crippen molar-refractivity contribution in [2.75, 3.05) is 18.0 Å². The normalized spacial score (nSPS) is 18.6. The van der Waals surface area contributed by atoms with E-state index in [1.165, 1.54) is 25.7 Å². The molecule has 1 aromatic heterocycles. The fraction of sp³-hybridized carbons (Fsp3) is 0.667. The maximum Gasteiger partial charge on any atom is 0.147 e. The predicted molar refractivity (Wildman–Crippen MR) is 83.3 cm³/mol. The lowest BCUT2D eigenvalue weighted by Gasteiger charge is -2.41. The Morgan fingerprint density at radius 3 is 2.37 bits per heavy atom. The van der Waals surface area contributed by atoms with E-state index < -0.39 is 0 Å². The van der Waals surface area contributed by atoms with Crippen LogP contribution in [0.3, 0.4) is 0 Å². The average Bonchev–Trinajstić information content (AvgIpc) is 2.47. The predicted octanol–water partition coefficient (Wildman–Crippen LogP) is 4.88. The van der Waals surface area contributed by atoms with Crippen LogP contribution in [-0.4, -0.2) is 18.1 Å². The van der Waals surface area contributed by atoms with Crippen LogP contribution in [-0.2, 0) is 5.88 Å². The molecule has 1 saturated heterocycles. The summed E-state index contributed by atoms with van der Waals surface area (Å²) in [5.41, 5.74) is 1.50. The van der Waals surface area contributed by atoms with Gasteiger partial charge in [0.1, 0.15) is 5.82 Å². The van der Waals surface area contributed by atoms with Crippen molar-refractivity contribution < 1.29 is 0 Å². The molecule has 1 aliphatic rings. The van der Waals surface area contributed by atoms with E-state index in [0.717, 1.165) is 29.5 Å². The second-order valence-corrected chi connectivity index (χ2v) is 6.15. The molecule has 0 saturated carbocycles. The second-order valence-electron chi connectivity index (χ2n) is 5.48. The zero-order chi connectivity index (χ0) is 13.9. The fourth-order valence-corrected chi connectivity index (χ4v) is 3.38. The van der Waals surface area contributed by atoms with Crippen LogP contribution in [0.2, 0.25) is 5.02 Å². The average molecular weight is 301 g/mol. The summed E-state index contributed by atoms with van der Waals surface area (Å²) in [5, 5.41) is 0.721. The second kappa shape index (κ2) is 6.32. The standard InChI is InChI=1S/C15H22Cl2N2/c1-3-15(4-2)5-7-19(8-6-15)14-13(17)9-12(10-16)11-18-14/h9,11H,3-8,10H2,1-2H3. The molecule has 0 N–H and O–H groups in total. The fourth-order valence-electron chi connectivity index (χ4n) is 2.93. The molecule has 1 fully saturated rings. The van der Waals surface area contributed by atoms with E-state index in [1.54, 1.807) is 0 Å². The molecular weight excluding hydrogens is 279 g/mol. The Balaban J connectivity index is 2.09. The summed E-state index contributed by atoms with van der Waals surface area (Å²) in [6, 6.07) is 1.93. The van der Waals surface area contributed by atoms with Crippen LogP contribution in [0, 0.1) is 5.41 Å². The Labute approximate surface area is 126 Å². The molecule has 19 heavy (non-hydrogen) atoms. The van der Waals surface area contributed by atoms with Gasteiger partial charge in [0.25, 0.3) is 0 Å². The highest BCUT2D eigenvalue weighted by atomic mass is 35.5. The number of piperidine rings is 1. The summed E-state index contributed by atoms with van der Waals surface area (Å²) in [6.07, 6.45) is 6.83. The first-order chi connectivity index (χ1) is 9.14. The van der Waals surface area contributed by atoms with Gasteiger partial charge in [-0.15, -0.1) is 11.6 Å². The highest BCUT2D eigenvalue weighted by Crippen LogP contribution is 2.39. The largest absolute Gasteiger partial charge is 0.355 e. The van der Waals surface area contributed by atoms with Crippen LogP contribution in [0.1, 0.15) is 45.1 Å². The zero-order valence-electron chi connectivity index (χ0n) is 11.8. The van der Waals surface area contributed by atoms with Gasteiger partial charge in [-0.3, -0.25) is 0 Å². The van der Waals surface area contributed by atoms with Crippen LogP contribution >= 0.6 is 23.2 Å². The molecule has 0 atom stereocenters. The summed E-state index contributed by atoms with van der Waals surface area (Å²) < 4.78 is 0. The highest BCUT2D eigenvalue weighted by Gasteiger charge is 2.32. The Bertz CT molecular complexity index is 420. The monoisotopic (exact) mass is 300 g/mol. The third-order valence-corrected chi connectivity index (χ3v) is 5.24. The number of rotatable bonds is 4. The number of halogens is 2. The number of hydrogen-bond donors (Lipinski definition) is 0. The third kappa shape index (κ3) is 3.17. The van der Waals surface area contributed by atoms with Gasteiger partial charge in [0.2, 0.25) is 0 Å². The molecule has 1 aliphatic heterocycles. The topological polar surface area (TPSA) is 16.1 Å². The molecule has 2 heterocycles. The summed E-state index contributed by atoms with van der Waals surface area (Å²) in [5.74, 6) is 1.37. The number of aromatic nitrogens is 1. The van der Waals surface area contributed by atoms with E-state index in [4.69, 9.17) is 23.2 Å². The van der Waals surface area contributed by atoms with Crippen LogP contribution in [0.15, 0.2) is 12.3 Å². The van der Waals surface area contributed by atoms with Crippen LogP contribution < -0.4 is 4.90 Å². The minimum Gasteiger partial charge on any atom is -0.355 e. The minimum absolute atomic E-state index is 0.460. The number of alkyl halides is 1. The molecule has 0 amide bonds. The van der Waals surface area contributed by atoms with Crippen molar-refractivity contribution in [3.8, 4) is 0 Å². The Hall–Kier alpha value is -0.470. The van der Waals surface area contributed by atoms with Gasteiger partial charge in [0, 0.05) is 25.2 Å². The smallest absolute Gasteiger partial charge is 0.147 e. The van der Waals surface area contributed by atoms with Crippen molar-refractivity contribution in [1.29, 1.82) is 0 Å². The SMILES string of the molecule is CCC1(CC)CCN(c2ncc(CCl)cc2Cl)CC1. The highest BCUT2D eigenvalue weighted by molar-refractivity contribution is 6.33. The maximum atomic E-state index is 6.32. The Morgan fingerprint density at radius 1 is 1.26 bits per heavy atom. The Kier molecular flexibility index (Phi) is 4.97. The molecule has 2 nitrogen and oxygen atoms in total. The van der Waals surface area contributed by atoms with Crippen molar-refractivity contribution in [2.45, 2.75) is 45.4 Å². The number of anilines is 1. The number of pyridine rings is 1. The molecule has 2 rings (SSSR count). The van der Waals surface area contributed by atoms with Crippen LogP contribution in [0.5, 0.6) is 0 Å². The molecule has 0 aromatic carbocycles. The molecule has 1 aromatic rings. The van der Waals surface area contributed by atoms with Gasteiger partial charge in [0.15, 0.2) is 0 Å². The van der Waals surface area contributed by atoms with Gasteiger partial charge in [-0.05, 0) is 29.9 Å². The lowest BCUT2D eigenvalue weighted by atomic mass is 9.74. The summed E-state index contributed by atoms with van der Waals surface area (Å²) in [4.78, 5) is 6.79. The van der Waals surface area contributed by atoms with E-state index in [1.807, 2.05) is 12.3 Å². The molecule has 0 radical (unpaired) electrons. The van der Waals surface area contributed by atoms with E-state index in [-0.39, 0.29) is 0 Å². The molecule has 0 unspecified atom stereocenters. The van der Waals surface area contributed by atoms with Gasteiger partial charge in [-0.2, -0.15) is 0 Å². The van der Waals surface area contributed by atoms with Crippen LogP contribution in [0.4, 0.5) is 5.82 Å². The minimum atomic E-state index is 0.460. The van der Waals surface area contributed by atoms with Crippen molar-refractivity contribution >= 4 is 29.0 Å². The molecular formula is C15H22Cl2N2. The van der Waals surface area contributed by atoms with E-state index in [0.29, 0.717) is 11.3 Å². The summed E-state index contributed by atoms with van der Waals surface area (Å²) in [7, 11) is 0. The lowest BCUT2D eigenvalue weighted by molar-refractivity contribution is 0.199. The van der Waals surface area contributed by atoms with Crippen molar-refractivity contribution in [3.05, 3.63) is 22.8 Å². The zero-order valence-corrected chi connectivity index (χ0v) is 13.3. The van der Waals surface area contributed by atoms with Crippen molar-refractivity contribution in [3.63, 3.8) is 0 Å². The van der Waals surface area contributed by atoms with Gasteiger partial charge in [-0.25, -0.2) is 4.98 Å². The lowest BCUT2D eigenvalue weighted by Crippen LogP contribution is -2.40. The Morgan fingerprint density at radius 2 is 1.89 bits per heavy atom. The molecule has 106 valence electrons. The van der Waals surface area contributed by atoms with Crippen molar-refractivity contribution in [1.82, 2.24) is 4.98 Å². The van der Waals surface area contributed by atoms with Gasteiger partial charge in [0.05, 0.1) is 5.02 Å². The number of nitrogens with zero attached hydrogens (tertiary/aromatic N) is 2. The molecule has 0 spiro atoms. The van der Waals surface area contributed by atoms with Crippen LogP contribution in [0.25, 0.3) is 0 Å². The quantitative estimate of drug-likeness (QED) is 0.737. The summed E-state index contributed by atoms with van der Waals surface area (Å²) in [6.45, 7) is 6.71.